The molecule has 1 rings (SSSR count). The topological polar surface area (TPSA) is 34.1 Å². The minimum Gasteiger partial charge on any atom is -0.383 e. The van der Waals surface area contributed by atoms with E-state index in [1.807, 2.05) is 6.92 Å². The van der Waals surface area contributed by atoms with Crippen molar-refractivity contribution in [1.82, 2.24) is 10.3 Å². The van der Waals surface area contributed by atoms with Crippen LogP contribution in [0.5, 0.6) is 0 Å². The third kappa shape index (κ3) is 3.55. The molecule has 0 radical (unpaired) electrons. The minimum absolute atomic E-state index is 0.292. The van der Waals surface area contributed by atoms with Gasteiger partial charge in [0.05, 0.1) is 17.3 Å². The molecule has 0 aromatic carbocycles. The summed E-state index contributed by atoms with van der Waals surface area (Å²) in [7, 11) is 1.72. The maximum atomic E-state index is 5.10. The first kappa shape index (κ1) is 12.6. The Morgan fingerprint density at radius 1 is 1.40 bits per heavy atom. The zero-order valence-electron chi connectivity index (χ0n) is 10.1. The second-order valence-corrected chi connectivity index (χ2v) is 5.33. The fourth-order valence-corrected chi connectivity index (χ4v) is 2.66. The average Bonchev–Trinajstić information content (AvgIpc) is 2.45. The van der Waals surface area contributed by atoms with Crippen LogP contribution in [-0.2, 0) is 4.74 Å². The zero-order chi connectivity index (χ0) is 11.4. The summed E-state index contributed by atoms with van der Waals surface area (Å²) in [5.74, 6) is 0. The van der Waals surface area contributed by atoms with Gasteiger partial charge in [-0.2, -0.15) is 0 Å². The maximum absolute atomic E-state index is 5.10. The fourth-order valence-electron chi connectivity index (χ4n) is 1.75. The molecule has 1 aromatic heterocycles. The lowest BCUT2D eigenvalue weighted by atomic mass is 10.2. The highest BCUT2D eigenvalue weighted by atomic mass is 32.1. The highest BCUT2D eigenvalue weighted by molar-refractivity contribution is 7.11. The fraction of sp³-hybridized carbons (Fsp3) is 0.727. The van der Waals surface area contributed by atoms with E-state index in [1.165, 1.54) is 10.6 Å². The first-order chi connectivity index (χ1) is 7.04. The van der Waals surface area contributed by atoms with Crippen LogP contribution >= 0.6 is 11.3 Å². The SMILES string of the molecule is COCC(C)NC(C)c1nc(C)sc1C. The number of aromatic nitrogens is 1. The summed E-state index contributed by atoms with van der Waals surface area (Å²) in [4.78, 5) is 5.84. The number of nitrogens with one attached hydrogen (secondary N) is 1. The van der Waals surface area contributed by atoms with Crippen LogP contribution in [-0.4, -0.2) is 24.7 Å². The van der Waals surface area contributed by atoms with Crippen molar-refractivity contribution in [3.05, 3.63) is 15.6 Å². The summed E-state index contributed by atoms with van der Waals surface area (Å²) in [6.45, 7) is 9.17. The van der Waals surface area contributed by atoms with E-state index >= 15 is 0 Å². The Balaban J connectivity index is 2.60. The highest BCUT2D eigenvalue weighted by Crippen LogP contribution is 2.22. The third-order valence-electron chi connectivity index (χ3n) is 2.30. The van der Waals surface area contributed by atoms with Gasteiger partial charge in [-0.1, -0.05) is 0 Å². The Morgan fingerprint density at radius 3 is 2.53 bits per heavy atom. The smallest absolute Gasteiger partial charge is 0.0900 e. The standard InChI is InChI=1S/C11H20N2OS/c1-7(6-14-5)12-8(2)11-9(3)15-10(4)13-11/h7-8,12H,6H2,1-5H3. The predicted octanol–water partition coefficient (Wildman–Crippen LogP) is 2.45. The minimum atomic E-state index is 0.292. The van der Waals surface area contributed by atoms with Gasteiger partial charge in [-0.3, -0.25) is 0 Å². The number of hydrogen-bond acceptors (Lipinski definition) is 4. The normalized spacial score (nSPS) is 15.3. The molecule has 0 amide bonds. The van der Waals surface area contributed by atoms with Crippen molar-refractivity contribution in [2.24, 2.45) is 0 Å². The Morgan fingerprint density at radius 2 is 2.07 bits per heavy atom. The molecule has 2 unspecified atom stereocenters. The molecule has 0 saturated carbocycles. The molecule has 15 heavy (non-hydrogen) atoms. The molecular formula is C11H20N2OS. The van der Waals surface area contributed by atoms with Crippen LogP contribution in [0.25, 0.3) is 0 Å². The van der Waals surface area contributed by atoms with Gasteiger partial charge in [-0.15, -0.1) is 11.3 Å². The van der Waals surface area contributed by atoms with Crippen molar-refractivity contribution in [3.63, 3.8) is 0 Å². The van der Waals surface area contributed by atoms with E-state index in [9.17, 15) is 0 Å². The van der Waals surface area contributed by atoms with Crippen molar-refractivity contribution in [1.29, 1.82) is 0 Å². The number of nitrogens with zero attached hydrogens (tertiary/aromatic N) is 1. The summed E-state index contributed by atoms with van der Waals surface area (Å²) < 4.78 is 5.10. The Hall–Kier alpha value is -0.450. The van der Waals surface area contributed by atoms with Gasteiger partial charge in [0.15, 0.2) is 0 Å². The summed E-state index contributed by atoms with van der Waals surface area (Å²) >= 11 is 1.76. The van der Waals surface area contributed by atoms with Gasteiger partial charge in [0, 0.05) is 24.1 Å². The molecule has 0 saturated heterocycles. The van der Waals surface area contributed by atoms with Gasteiger partial charge >= 0.3 is 0 Å². The van der Waals surface area contributed by atoms with Crippen LogP contribution < -0.4 is 5.32 Å². The summed E-state index contributed by atoms with van der Waals surface area (Å²) in [5, 5.41) is 4.61. The van der Waals surface area contributed by atoms with E-state index in [0.717, 1.165) is 11.6 Å². The van der Waals surface area contributed by atoms with Crippen molar-refractivity contribution in [2.45, 2.75) is 39.8 Å². The van der Waals surface area contributed by atoms with Crippen molar-refractivity contribution >= 4 is 11.3 Å². The molecule has 86 valence electrons. The van der Waals surface area contributed by atoms with Gasteiger partial charge in [0.2, 0.25) is 0 Å². The number of ether oxygens (including phenoxy) is 1. The first-order valence-corrected chi connectivity index (χ1v) is 6.05. The van der Waals surface area contributed by atoms with E-state index in [2.05, 4.69) is 31.1 Å². The van der Waals surface area contributed by atoms with Crippen LogP contribution in [0, 0.1) is 13.8 Å². The lowest BCUT2D eigenvalue weighted by molar-refractivity contribution is 0.167. The van der Waals surface area contributed by atoms with Gasteiger partial charge in [-0.25, -0.2) is 4.98 Å². The quantitative estimate of drug-likeness (QED) is 0.840. The molecule has 1 heterocycles. The molecule has 0 spiro atoms. The first-order valence-electron chi connectivity index (χ1n) is 5.23. The third-order valence-corrected chi connectivity index (χ3v) is 3.20. The van der Waals surface area contributed by atoms with Crippen molar-refractivity contribution < 1.29 is 4.74 Å². The molecule has 0 aliphatic rings. The molecule has 0 bridgehead atoms. The van der Waals surface area contributed by atoms with Crippen LogP contribution in [0.4, 0.5) is 0 Å². The van der Waals surface area contributed by atoms with Crippen LogP contribution in [0.2, 0.25) is 0 Å². The second-order valence-electron chi connectivity index (χ2n) is 3.92. The molecule has 1 aromatic rings. The van der Waals surface area contributed by atoms with E-state index in [1.54, 1.807) is 18.4 Å². The molecule has 4 heteroatoms. The van der Waals surface area contributed by atoms with E-state index in [-0.39, 0.29) is 0 Å². The molecule has 0 aliphatic carbocycles. The average molecular weight is 228 g/mol. The van der Waals surface area contributed by atoms with Crippen LogP contribution in [0.3, 0.4) is 0 Å². The molecule has 0 fully saturated rings. The Kier molecular flexibility index (Phi) is 4.70. The van der Waals surface area contributed by atoms with Crippen LogP contribution in [0.1, 0.15) is 35.5 Å². The van der Waals surface area contributed by atoms with Gasteiger partial charge in [-0.05, 0) is 27.7 Å². The highest BCUT2D eigenvalue weighted by Gasteiger charge is 2.14. The number of aryl methyl sites for hydroxylation is 2. The molecular weight excluding hydrogens is 208 g/mol. The van der Waals surface area contributed by atoms with E-state index in [4.69, 9.17) is 4.74 Å². The summed E-state index contributed by atoms with van der Waals surface area (Å²) in [6.07, 6.45) is 0. The maximum Gasteiger partial charge on any atom is 0.0900 e. The van der Waals surface area contributed by atoms with Gasteiger partial charge in [0.25, 0.3) is 0 Å². The molecule has 2 atom stereocenters. The number of methoxy groups -OCH3 is 1. The lowest BCUT2D eigenvalue weighted by Gasteiger charge is -2.18. The van der Waals surface area contributed by atoms with Gasteiger partial charge < -0.3 is 10.1 Å². The van der Waals surface area contributed by atoms with Gasteiger partial charge in [0.1, 0.15) is 0 Å². The summed E-state index contributed by atoms with van der Waals surface area (Å²) in [6, 6.07) is 0.645. The largest absolute Gasteiger partial charge is 0.383 e. The van der Waals surface area contributed by atoms with E-state index in [0.29, 0.717) is 12.1 Å². The number of hydrogen-bond donors (Lipinski definition) is 1. The second kappa shape index (κ2) is 5.58. The van der Waals surface area contributed by atoms with Crippen molar-refractivity contribution in [2.75, 3.05) is 13.7 Å². The molecule has 1 N–H and O–H groups in total. The number of thiazole rings is 1. The predicted molar refractivity (Wildman–Crippen MR) is 64.5 cm³/mol. The lowest BCUT2D eigenvalue weighted by Crippen LogP contribution is -2.32. The van der Waals surface area contributed by atoms with Crippen LogP contribution in [0.15, 0.2) is 0 Å². The number of rotatable bonds is 5. The van der Waals surface area contributed by atoms with Crippen molar-refractivity contribution in [3.8, 4) is 0 Å². The zero-order valence-corrected chi connectivity index (χ0v) is 10.9. The van der Waals surface area contributed by atoms with E-state index < -0.39 is 0 Å². The molecule has 3 nitrogen and oxygen atoms in total. The monoisotopic (exact) mass is 228 g/mol. The Labute approximate surface area is 95.9 Å². The molecule has 0 aliphatic heterocycles. The Bertz CT molecular complexity index is 312. The summed E-state index contributed by atoms with van der Waals surface area (Å²) in [5.41, 5.74) is 1.17.